The number of nitrogens with one attached hydrogen (secondary N) is 1. The SMILES string of the molecule is CC(=O)[C@]1(O)Cc2c(O)c3c(c(O)c2[C@@H](O[C@H]2C[C@@H](NC(=O)C(F)(F)F)[C@H](O)[C@H](C)O2)C1)C(=O)c1c(O)cccc1C3=O. The number of aliphatic hydroxyl groups is 2. The first-order chi connectivity index (χ1) is 20.0. The van der Waals surface area contributed by atoms with Crippen LogP contribution in [0.25, 0.3) is 0 Å². The molecule has 43 heavy (non-hydrogen) atoms. The highest BCUT2D eigenvalue weighted by atomic mass is 19.4. The predicted molar refractivity (Wildman–Crippen MR) is 135 cm³/mol. The molecule has 0 radical (unpaired) electrons. The minimum atomic E-state index is -5.25. The summed E-state index contributed by atoms with van der Waals surface area (Å²) < 4.78 is 50.1. The van der Waals surface area contributed by atoms with Crippen molar-refractivity contribution in [2.24, 2.45) is 0 Å². The Labute approximate surface area is 240 Å². The Morgan fingerprint density at radius 3 is 2.35 bits per heavy atom. The standard InChI is InChI=1S/C28H26F3NO11/c1-9-21(35)13(32-26(40)28(29,30)31)6-16(42-9)43-15-8-27(41,10(2)33)7-12-18(15)25(39)20-19(23(12)37)22(36)11-4-3-5-14(34)17(11)24(20)38/h3-5,9,13,15-16,21,34-35,37,39,41H,6-8H2,1-2H3,(H,32,40)/t9-,13+,15-,16-,21+,27-/m0/s1. The molecule has 1 amide bonds. The van der Waals surface area contributed by atoms with E-state index in [-0.39, 0.29) is 16.7 Å². The van der Waals surface area contributed by atoms with Crippen molar-refractivity contribution in [3.63, 3.8) is 0 Å². The lowest BCUT2D eigenvalue weighted by atomic mass is 9.72. The summed E-state index contributed by atoms with van der Waals surface area (Å²) in [6, 6.07) is 2.16. The third-order valence-electron chi connectivity index (χ3n) is 8.12. The number of ketones is 3. The fourth-order valence-electron chi connectivity index (χ4n) is 5.86. The van der Waals surface area contributed by atoms with Crippen LogP contribution in [0.5, 0.6) is 17.2 Å². The van der Waals surface area contributed by atoms with Crippen LogP contribution in [-0.4, -0.2) is 85.1 Å². The van der Waals surface area contributed by atoms with Crippen LogP contribution >= 0.6 is 0 Å². The van der Waals surface area contributed by atoms with Gasteiger partial charge in [-0.3, -0.25) is 19.2 Å². The molecule has 0 saturated carbocycles. The van der Waals surface area contributed by atoms with E-state index in [0.717, 1.165) is 13.0 Å². The molecule has 0 unspecified atom stereocenters. The molecule has 1 saturated heterocycles. The predicted octanol–water partition coefficient (Wildman–Crippen LogP) is 1.45. The van der Waals surface area contributed by atoms with Gasteiger partial charge in [-0.15, -0.1) is 0 Å². The minimum Gasteiger partial charge on any atom is -0.507 e. The van der Waals surface area contributed by atoms with Crippen molar-refractivity contribution in [2.45, 2.75) is 75.5 Å². The number of carbonyl (C=O) groups is 4. The quantitative estimate of drug-likeness (QED) is 0.234. The fraction of sp³-hybridized carbons (Fsp3) is 0.429. The zero-order valence-electron chi connectivity index (χ0n) is 22.6. The molecule has 0 aromatic heterocycles. The number of phenols is 3. The van der Waals surface area contributed by atoms with Gasteiger partial charge in [-0.2, -0.15) is 13.2 Å². The highest BCUT2D eigenvalue weighted by molar-refractivity contribution is 6.31. The first kappa shape index (κ1) is 30.4. The number of fused-ring (bicyclic) bond motifs is 3. The highest BCUT2D eigenvalue weighted by Gasteiger charge is 2.50. The second kappa shape index (κ2) is 10.3. The van der Waals surface area contributed by atoms with Crippen LogP contribution in [0.15, 0.2) is 18.2 Å². The van der Waals surface area contributed by atoms with E-state index in [1.165, 1.54) is 19.1 Å². The Kier molecular flexibility index (Phi) is 7.28. The fourth-order valence-corrected chi connectivity index (χ4v) is 5.86. The molecule has 1 fully saturated rings. The molecule has 15 heteroatoms. The van der Waals surface area contributed by atoms with Crippen molar-refractivity contribution in [1.82, 2.24) is 5.32 Å². The normalized spacial score (nSPS) is 28.5. The van der Waals surface area contributed by atoms with Gasteiger partial charge < -0.3 is 40.3 Å². The highest BCUT2D eigenvalue weighted by Crippen LogP contribution is 2.52. The summed E-state index contributed by atoms with van der Waals surface area (Å²) >= 11 is 0. The van der Waals surface area contributed by atoms with Gasteiger partial charge in [-0.05, 0) is 19.9 Å². The number of halogens is 3. The van der Waals surface area contributed by atoms with E-state index >= 15 is 0 Å². The van der Waals surface area contributed by atoms with E-state index in [4.69, 9.17) is 9.47 Å². The monoisotopic (exact) mass is 609 g/mol. The summed E-state index contributed by atoms with van der Waals surface area (Å²) in [5.41, 5.74) is -4.80. The van der Waals surface area contributed by atoms with Crippen LogP contribution in [-0.2, 0) is 25.5 Å². The summed E-state index contributed by atoms with van der Waals surface area (Å²) in [4.78, 5) is 50.9. The molecular formula is C28H26F3NO11. The summed E-state index contributed by atoms with van der Waals surface area (Å²) in [7, 11) is 0. The number of hydrogen-bond acceptors (Lipinski definition) is 11. The number of aromatic hydroxyl groups is 3. The van der Waals surface area contributed by atoms with E-state index in [2.05, 4.69) is 0 Å². The van der Waals surface area contributed by atoms with Gasteiger partial charge in [0.15, 0.2) is 17.9 Å². The lowest BCUT2D eigenvalue weighted by Gasteiger charge is -2.42. The molecular weight excluding hydrogens is 583 g/mol. The van der Waals surface area contributed by atoms with Crippen LogP contribution in [0.4, 0.5) is 13.2 Å². The minimum absolute atomic E-state index is 0.257. The average Bonchev–Trinajstić information content (AvgIpc) is 2.91. The number of benzene rings is 2. The molecule has 12 nitrogen and oxygen atoms in total. The number of amides is 1. The van der Waals surface area contributed by atoms with Crippen LogP contribution in [0, 0.1) is 0 Å². The Morgan fingerprint density at radius 2 is 1.72 bits per heavy atom. The average molecular weight is 610 g/mol. The van der Waals surface area contributed by atoms with E-state index in [9.17, 15) is 57.9 Å². The second-order valence-corrected chi connectivity index (χ2v) is 10.9. The number of Topliss-reactive ketones (excluding diaryl/α,β-unsaturated/α-hetero) is 1. The lowest BCUT2D eigenvalue weighted by molar-refractivity contribution is -0.250. The summed E-state index contributed by atoms with van der Waals surface area (Å²) in [5.74, 6) is -7.28. The van der Waals surface area contributed by atoms with Gasteiger partial charge in [-0.25, -0.2) is 0 Å². The molecule has 6 atom stereocenters. The van der Waals surface area contributed by atoms with Crippen molar-refractivity contribution in [1.29, 1.82) is 0 Å². The number of hydrogen-bond donors (Lipinski definition) is 6. The number of aliphatic hydroxyl groups excluding tert-OH is 1. The third kappa shape index (κ3) is 4.91. The molecule has 0 spiro atoms. The van der Waals surface area contributed by atoms with Crippen LogP contribution < -0.4 is 5.32 Å². The van der Waals surface area contributed by atoms with Gasteiger partial charge in [0.25, 0.3) is 0 Å². The molecule has 2 aromatic carbocycles. The van der Waals surface area contributed by atoms with E-state index in [0.29, 0.717) is 0 Å². The van der Waals surface area contributed by atoms with E-state index < -0.39 is 119 Å². The summed E-state index contributed by atoms with van der Waals surface area (Å²) in [6.45, 7) is 2.34. The molecule has 2 aliphatic carbocycles. The van der Waals surface area contributed by atoms with Gasteiger partial charge in [0.2, 0.25) is 5.78 Å². The van der Waals surface area contributed by atoms with Crippen molar-refractivity contribution in [3.05, 3.63) is 51.6 Å². The summed E-state index contributed by atoms with van der Waals surface area (Å²) in [6.07, 6.45) is -12.8. The van der Waals surface area contributed by atoms with Gasteiger partial charge in [0, 0.05) is 36.0 Å². The largest absolute Gasteiger partial charge is 0.507 e. The van der Waals surface area contributed by atoms with Gasteiger partial charge in [-0.1, -0.05) is 12.1 Å². The lowest BCUT2D eigenvalue weighted by Crippen LogP contribution is -2.57. The maximum Gasteiger partial charge on any atom is 0.471 e. The number of phenolic OH excluding ortho intramolecular Hbond substituents is 3. The zero-order chi connectivity index (χ0) is 31.8. The maximum absolute atomic E-state index is 13.5. The van der Waals surface area contributed by atoms with Crippen molar-refractivity contribution in [2.75, 3.05) is 0 Å². The first-order valence-corrected chi connectivity index (χ1v) is 13.1. The molecule has 1 heterocycles. The number of alkyl halides is 3. The zero-order valence-corrected chi connectivity index (χ0v) is 22.6. The molecule has 3 aliphatic rings. The van der Waals surface area contributed by atoms with Gasteiger partial charge in [0.1, 0.15) is 29.0 Å². The maximum atomic E-state index is 13.5. The van der Waals surface area contributed by atoms with Gasteiger partial charge in [0.05, 0.1) is 34.9 Å². The van der Waals surface area contributed by atoms with Crippen LogP contribution in [0.3, 0.4) is 0 Å². The molecule has 0 bridgehead atoms. The number of rotatable bonds is 4. The number of ether oxygens (including phenoxy) is 2. The van der Waals surface area contributed by atoms with Crippen molar-refractivity contribution < 1.29 is 67.4 Å². The Balaban J connectivity index is 1.59. The van der Waals surface area contributed by atoms with Crippen molar-refractivity contribution in [3.8, 4) is 17.2 Å². The molecule has 2 aromatic rings. The second-order valence-electron chi connectivity index (χ2n) is 10.9. The van der Waals surface area contributed by atoms with E-state index in [1.807, 2.05) is 0 Å². The van der Waals surface area contributed by atoms with Crippen LogP contribution in [0.1, 0.15) is 75.8 Å². The molecule has 6 N–H and O–H groups in total. The Morgan fingerprint density at radius 1 is 1.07 bits per heavy atom. The Bertz CT molecular complexity index is 1570. The molecule has 5 rings (SSSR count). The van der Waals surface area contributed by atoms with Crippen molar-refractivity contribution >= 4 is 23.3 Å². The first-order valence-electron chi connectivity index (χ1n) is 13.1. The number of carbonyl (C=O) groups excluding carboxylic acids is 4. The molecule has 230 valence electrons. The third-order valence-corrected chi connectivity index (χ3v) is 8.12. The smallest absolute Gasteiger partial charge is 0.471 e. The van der Waals surface area contributed by atoms with E-state index in [1.54, 1.807) is 5.32 Å². The summed E-state index contributed by atoms with van der Waals surface area (Å²) in [5, 5.41) is 56.2. The topological polar surface area (TPSA) is 200 Å². The van der Waals surface area contributed by atoms with Gasteiger partial charge >= 0.3 is 12.1 Å². The molecule has 1 aliphatic heterocycles. The Hall–Kier alpha value is -4.05. The van der Waals surface area contributed by atoms with Crippen LogP contribution in [0.2, 0.25) is 0 Å².